The minimum absolute atomic E-state index is 0.0556. The van der Waals surface area contributed by atoms with Gasteiger partial charge in [-0.25, -0.2) is 4.39 Å². The molecule has 7 heteroatoms. The van der Waals surface area contributed by atoms with E-state index in [9.17, 15) is 18.8 Å². The second-order valence-corrected chi connectivity index (χ2v) is 3.87. The number of hydrogen-bond donors (Lipinski definition) is 2. The Labute approximate surface area is 115 Å². The fourth-order valence-electron chi connectivity index (χ4n) is 1.36. The van der Waals surface area contributed by atoms with Gasteiger partial charge in [-0.15, -0.1) is 0 Å². The van der Waals surface area contributed by atoms with E-state index in [0.29, 0.717) is 0 Å². The molecule has 0 heterocycles. The van der Waals surface area contributed by atoms with Crippen LogP contribution in [0.5, 0.6) is 0 Å². The van der Waals surface area contributed by atoms with Gasteiger partial charge in [-0.1, -0.05) is 6.07 Å². The molecule has 6 nitrogen and oxygen atoms in total. The first kappa shape index (κ1) is 15.6. The molecule has 0 spiro atoms. The zero-order valence-electron chi connectivity index (χ0n) is 10.9. The predicted molar refractivity (Wildman–Crippen MR) is 68.4 cm³/mol. The summed E-state index contributed by atoms with van der Waals surface area (Å²) >= 11 is 0. The Balaban J connectivity index is 2.30. The molecule has 108 valence electrons. The Morgan fingerprint density at radius 2 is 2.00 bits per heavy atom. The third-order valence-corrected chi connectivity index (χ3v) is 2.38. The monoisotopic (exact) mass is 282 g/mol. The van der Waals surface area contributed by atoms with Gasteiger partial charge in [-0.3, -0.25) is 14.4 Å². The number of benzene rings is 1. The topological polar surface area (TPSA) is 84.5 Å². The van der Waals surface area contributed by atoms with E-state index in [1.165, 1.54) is 25.3 Å². The highest BCUT2D eigenvalue weighted by atomic mass is 19.1. The zero-order valence-corrected chi connectivity index (χ0v) is 10.9. The Morgan fingerprint density at radius 3 is 2.65 bits per heavy atom. The van der Waals surface area contributed by atoms with Gasteiger partial charge in [0.25, 0.3) is 5.91 Å². The molecule has 1 aromatic rings. The molecule has 0 aliphatic heterocycles. The minimum atomic E-state index is -0.549. The van der Waals surface area contributed by atoms with Crippen molar-refractivity contribution in [2.75, 3.05) is 20.2 Å². The molecule has 1 rings (SSSR count). The summed E-state index contributed by atoms with van der Waals surface area (Å²) in [5.41, 5.74) is 0.132. The number of carbonyl (C=O) groups excluding carboxylic acids is 3. The maximum absolute atomic E-state index is 12.9. The molecule has 0 fully saturated rings. The lowest BCUT2D eigenvalue weighted by Crippen LogP contribution is -2.37. The van der Waals surface area contributed by atoms with Crippen molar-refractivity contribution < 1.29 is 23.5 Å². The average Bonchev–Trinajstić information content (AvgIpc) is 2.44. The number of carbonyl (C=O) groups is 3. The molecule has 0 aliphatic rings. The van der Waals surface area contributed by atoms with E-state index >= 15 is 0 Å². The van der Waals surface area contributed by atoms with E-state index in [1.54, 1.807) is 0 Å². The number of ether oxygens (including phenoxy) is 1. The van der Waals surface area contributed by atoms with Crippen LogP contribution in [0.1, 0.15) is 16.8 Å². The molecule has 0 atom stereocenters. The molecule has 0 saturated carbocycles. The Hall–Kier alpha value is -2.44. The molecule has 2 N–H and O–H groups in total. The highest BCUT2D eigenvalue weighted by Gasteiger charge is 2.09. The molecule has 0 saturated heterocycles. The zero-order chi connectivity index (χ0) is 15.0. The Kier molecular flexibility index (Phi) is 6.15. The Bertz CT molecular complexity index is 505. The van der Waals surface area contributed by atoms with Gasteiger partial charge in [-0.05, 0) is 18.2 Å². The normalized spacial score (nSPS) is 9.70. The van der Waals surface area contributed by atoms with Crippen molar-refractivity contribution in [1.82, 2.24) is 10.6 Å². The molecular weight excluding hydrogens is 267 g/mol. The van der Waals surface area contributed by atoms with E-state index in [0.717, 1.165) is 6.07 Å². The number of methoxy groups -OCH3 is 1. The molecular formula is C13H15FN2O4. The second kappa shape index (κ2) is 7.88. The third-order valence-electron chi connectivity index (χ3n) is 2.38. The van der Waals surface area contributed by atoms with Crippen molar-refractivity contribution in [2.45, 2.75) is 6.42 Å². The van der Waals surface area contributed by atoms with Crippen molar-refractivity contribution in [1.29, 1.82) is 0 Å². The fraction of sp³-hybridized carbons (Fsp3) is 0.308. The molecule has 0 aliphatic carbocycles. The summed E-state index contributed by atoms with van der Waals surface area (Å²) in [7, 11) is 1.25. The molecule has 1 aromatic carbocycles. The van der Waals surface area contributed by atoms with Crippen molar-refractivity contribution >= 4 is 17.8 Å². The lowest BCUT2D eigenvalue weighted by Gasteiger charge is -2.06. The Morgan fingerprint density at radius 1 is 1.25 bits per heavy atom. The summed E-state index contributed by atoms with van der Waals surface area (Å²) in [6.07, 6.45) is 0.0556. The molecule has 0 aromatic heterocycles. The second-order valence-electron chi connectivity index (χ2n) is 3.87. The van der Waals surface area contributed by atoms with Gasteiger partial charge in [0.05, 0.1) is 20.1 Å². The first-order chi connectivity index (χ1) is 9.52. The van der Waals surface area contributed by atoms with Crippen molar-refractivity contribution in [2.24, 2.45) is 0 Å². The van der Waals surface area contributed by atoms with E-state index in [2.05, 4.69) is 15.4 Å². The lowest BCUT2D eigenvalue weighted by molar-refractivity contribution is -0.140. The minimum Gasteiger partial charge on any atom is -0.469 e. The standard InChI is InChI=1S/C13H15FN2O4/c1-20-12(18)5-6-15-11(17)8-16-13(19)9-3-2-4-10(14)7-9/h2-4,7H,5-6,8H2,1H3,(H,15,17)(H,16,19). The lowest BCUT2D eigenvalue weighted by atomic mass is 10.2. The molecule has 0 radical (unpaired) electrons. The quantitative estimate of drug-likeness (QED) is 0.732. The van der Waals surface area contributed by atoms with Crippen LogP contribution >= 0.6 is 0 Å². The molecule has 20 heavy (non-hydrogen) atoms. The summed E-state index contributed by atoms with van der Waals surface area (Å²) in [5.74, 6) is -1.96. The van der Waals surface area contributed by atoms with Crippen LogP contribution in [0.4, 0.5) is 4.39 Å². The highest BCUT2D eigenvalue weighted by molar-refractivity contribution is 5.96. The molecule has 2 amide bonds. The van der Waals surface area contributed by atoms with Crippen LogP contribution < -0.4 is 10.6 Å². The SMILES string of the molecule is COC(=O)CCNC(=O)CNC(=O)c1cccc(F)c1. The van der Waals surface area contributed by atoms with Gasteiger partial charge < -0.3 is 15.4 Å². The first-order valence-electron chi connectivity index (χ1n) is 5.90. The van der Waals surface area contributed by atoms with Gasteiger partial charge in [0, 0.05) is 12.1 Å². The fourth-order valence-corrected chi connectivity index (χ4v) is 1.36. The van der Waals surface area contributed by atoms with Crippen molar-refractivity contribution in [3.8, 4) is 0 Å². The number of halogens is 1. The van der Waals surface area contributed by atoms with Gasteiger partial charge in [0.2, 0.25) is 5.91 Å². The first-order valence-corrected chi connectivity index (χ1v) is 5.90. The third kappa shape index (κ3) is 5.47. The van der Waals surface area contributed by atoms with Gasteiger partial charge in [0.15, 0.2) is 0 Å². The smallest absolute Gasteiger partial charge is 0.307 e. The van der Waals surface area contributed by atoms with Crippen LogP contribution in [0, 0.1) is 5.82 Å². The van der Waals surface area contributed by atoms with Crippen LogP contribution in [-0.2, 0) is 14.3 Å². The molecule has 0 bridgehead atoms. The van der Waals surface area contributed by atoms with Gasteiger partial charge in [0.1, 0.15) is 5.82 Å². The summed E-state index contributed by atoms with van der Waals surface area (Å²) in [5, 5.41) is 4.78. The van der Waals surface area contributed by atoms with Crippen LogP contribution in [0.15, 0.2) is 24.3 Å². The predicted octanol–water partition coefficient (Wildman–Crippen LogP) is 0.235. The largest absolute Gasteiger partial charge is 0.469 e. The number of rotatable bonds is 6. The summed E-state index contributed by atoms with van der Waals surface area (Å²) in [4.78, 5) is 33.8. The van der Waals surface area contributed by atoms with Gasteiger partial charge in [-0.2, -0.15) is 0 Å². The number of hydrogen-bond acceptors (Lipinski definition) is 4. The van der Waals surface area contributed by atoms with E-state index in [-0.39, 0.29) is 25.1 Å². The van der Waals surface area contributed by atoms with Crippen molar-refractivity contribution in [3.63, 3.8) is 0 Å². The summed E-state index contributed by atoms with van der Waals surface area (Å²) in [6.45, 7) is -0.127. The van der Waals surface area contributed by atoms with Crippen molar-refractivity contribution in [3.05, 3.63) is 35.6 Å². The van der Waals surface area contributed by atoms with E-state index in [4.69, 9.17) is 0 Å². The van der Waals surface area contributed by atoms with Crippen LogP contribution in [0.2, 0.25) is 0 Å². The maximum Gasteiger partial charge on any atom is 0.307 e. The van der Waals surface area contributed by atoms with Crippen LogP contribution in [-0.4, -0.2) is 38.0 Å². The summed E-state index contributed by atoms with van der Waals surface area (Å²) in [6, 6.07) is 5.13. The van der Waals surface area contributed by atoms with Gasteiger partial charge >= 0.3 is 5.97 Å². The number of esters is 1. The number of amides is 2. The van der Waals surface area contributed by atoms with Crippen LogP contribution in [0.25, 0.3) is 0 Å². The number of nitrogens with one attached hydrogen (secondary N) is 2. The maximum atomic E-state index is 12.9. The highest BCUT2D eigenvalue weighted by Crippen LogP contribution is 2.02. The van der Waals surface area contributed by atoms with E-state index < -0.39 is 23.6 Å². The molecule has 0 unspecified atom stereocenters. The van der Waals surface area contributed by atoms with E-state index in [1.807, 2.05) is 0 Å². The van der Waals surface area contributed by atoms with Crippen LogP contribution in [0.3, 0.4) is 0 Å². The average molecular weight is 282 g/mol. The summed E-state index contributed by atoms with van der Waals surface area (Å²) < 4.78 is 17.3.